The first-order valence-corrected chi connectivity index (χ1v) is 5.67. The van der Waals surface area contributed by atoms with Crippen molar-refractivity contribution in [3.63, 3.8) is 0 Å². The van der Waals surface area contributed by atoms with E-state index in [1.807, 2.05) is 0 Å². The molecule has 1 N–H and O–H groups in total. The molecule has 0 aromatic heterocycles. The van der Waals surface area contributed by atoms with Crippen LogP contribution in [-0.2, 0) is 4.79 Å². The zero-order valence-electron chi connectivity index (χ0n) is 8.86. The molecule has 2 nitrogen and oxygen atoms in total. The molecule has 0 spiro atoms. The lowest BCUT2D eigenvalue weighted by Gasteiger charge is -2.02. The van der Waals surface area contributed by atoms with E-state index in [4.69, 9.17) is 5.11 Å². The predicted molar refractivity (Wildman–Crippen MR) is 63.4 cm³/mol. The summed E-state index contributed by atoms with van der Waals surface area (Å²) in [6.45, 7) is 4.15. The highest BCUT2D eigenvalue weighted by Crippen LogP contribution is 2.20. The Hall–Kier alpha value is -1.22. The van der Waals surface area contributed by atoms with Crippen molar-refractivity contribution in [2.75, 3.05) is 5.75 Å². The summed E-state index contributed by atoms with van der Waals surface area (Å²) in [5, 5.41) is 8.40. The number of aryl methyl sites for hydroxylation is 2. The molecule has 1 rings (SSSR count). The number of benzene rings is 1. The number of carbonyl (C=O) groups is 1. The Kier molecular flexibility index (Phi) is 4.43. The van der Waals surface area contributed by atoms with Gasteiger partial charge in [-0.15, -0.1) is 11.8 Å². The summed E-state index contributed by atoms with van der Waals surface area (Å²) < 4.78 is 0. The first kappa shape index (κ1) is 11.9. The number of carboxylic acid groups (broad SMARTS) is 1. The maximum absolute atomic E-state index is 10.2. The van der Waals surface area contributed by atoms with Crippen LogP contribution >= 0.6 is 11.8 Å². The zero-order chi connectivity index (χ0) is 11.3. The highest BCUT2D eigenvalue weighted by Gasteiger charge is 1.95. The van der Waals surface area contributed by atoms with Gasteiger partial charge < -0.3 is 5.11 Å². The summed E-state index contributed by atoms with van der Waals surface area (Å²) in [4.78, 5) is 11.4. The van der Waals surface area contributed by atoms with Crippen molar-refractivity contribution in [3.05, 3.63) is 41.5 Å². The largest absolute Gasteiger partial charge is 0.478 e. The van der Waals surface area contributed by atoms with Crippen LogP contribution in [0, 0.1) is 13.8 Å². The predicted octanol–water partition coefficient (Wildman–Crippen LogP) is 3.04. The van der Waals surface area contributed by atoms with Gasteiger partial charge in [0.15, 0.2) is 0 Å². The smallest absolute Gasteiger partial charge is 0.328 e. The van der Waals surface area contributed by atoms with Gasteiger partial charge >= 0.3 is 5.97 Å². The fraction of sp³-hybridized carbons (Fsp3) is 0.250. The Morgan fingerprint density at radius 3 is 2.73 bits per heavy atom. The van der Waals surface area contributed by atoms with Gasteiger partial charge in [0.05, 0.1) is 0 Å². The summed E-state index contributed by atoms with van der Waals surface area (Å²) in [6, 6.07) is 6.26. The van der Waals surface area contributed by atoms with Crippen LogP contribution in [0.4, 0.5) is 0 Å². The van der Waals surface area contributed by atoms with Gasteiger partial charge in [0.1, 0.15) is 0 Å². The number of thioether (sulfide) groups is 1. The van der Waals surface area contributed by atoms with Crippen molar-refractivity contribution in [1.29, 1.82) is 0 Å². The summed E-state index contributed by atoms with van der Waals surface area (Å²) in [7, 11) is 0. The van der Waals surface area contributed by atoms with E-state index in [1.165, 1.54) is 22.1 Å². The molecule has 0 bridgehead atoms. The average Bonchev–Trinajstić information content (AvgIpc) is 2.18. The van der Waals surface area contributed by atoms with E-state index in [1.54, 1.807) is 17.8 Å². The second-order valence-electron chi connectivity index (χ2n) is 3.30. The molecule has 0 aliphatic carbocycles. The lowest BCUT2D eigenvalue weighted by atomic mass is 10.1. The zero-order valence-corrected chi connectivity index (χ0v) is 9.67. The van der Waals surface area contributed by atoms with Gasteiger partial charge in [0.2, 0.25) is 0 Å². The molecule has 1 aromatic rings. The molecular weight excluding hydrogens is 208 g/mol. The van der Waals surface area contributed by atoms with Crippen LogP contribution in [0.25, 0.3) is 0 Å². The van der Waals surface area contributed by atoms with E-state index in [0.717, 1.165) is 0 Å². The Labute approximate surface area is 94.0 Å². The van der Waals surface area contributed by atoms with Gasteiger partial charge in [0.25, 0.3) is 0 Å². The van der Waals surface area contributed by atoms with Gasteiger partial charge in [-0.1, -0.05) is 12.1 Å². The quantitative estimate of drug-likeness (QED) is 0.628. The molecule has 0 saturated heterocycles. The van der Waals surface area contributed by atoms with Crippen LogP contribution in [-0.4, -0.2) is 16.8 Å². The number of aliphatic carboxylic acids is 1. The van der Waals surface area contributed by atoms with E-state index < -0.39 is 5.97 Å². The standard InChI is InChI=1S/C12H14O2S/c1-9-5-6-11(8-10(9)2)15-7-3-4-12(13)14/h3-6,8H,7H2,1-2H3,(H,13,14). The number of hydrogen-bond acceptors (Lipinski definition) is 2. The minimum atomic E-state index is -0.893. The molecular formula is C12H14O2S. The van der Waals surface area contributed by atoms with E-state index >= 15 is 0 Å². The molecule has 0 aliphatic rings. The van der Waals surface area contributed by atoms with Crippen molar-refractivity contribution in [2.45, 2.75) is 18.7 Å². The van der Waals surface area contributed by atoms with Crippen LogP contribution in [0.3, 0.4) is 0 Å². The van der Waals surface area contributed by atoms with Crippen LogP contribution < -0.4 is 0 Å². The maximum atomic E-state index is 10.2. The van der Waals surface area contributed by atoms with E-state index in [0.29, 0.717) is 5.75 Å². The van der Waals surface area contributed by atoms with Crippen molar-refractivity contribution in [2.24, 2.45) is 0 Å². The van der Waals surface area contributed by atoms with Crippen molar-refractivity contribution in [1.82, 2.24) is 0 Å². The Bertz CT molecular complexity index is 383. The summed E-state index contributed by atoms with van der Waals surface area (Å²) in [5.74, 6) is -0.204. The second kappa shape index (κ2) is 5.61. The Morgan fingerprint density at radius 2 is 2.13 bits per heavy atom. The highest BCUT2D eigenvalue weighted by molar-refractivity contribution is 7.99. The normalized spacial score (nSPS) is 10.8. The number of rotatable bonds is 4. The molecule has 0 saturated carbocycles. The van der Waals surface area contributed by atoms with Crippen LogP contribution in [0.15, 0.2) is 35.2 Å². The van der Waals surface area contributed by atoms with E-state index in [2.05, 4.69) is 32.0 Å². The second-order valence-corrected chi connectivity index (χ2v) is 4.39. The fourth-order valence-electron chi connectivity index (χ4n) is 1.10. The lowest BCUT2D eigenvalue weighted by molar-refractivity contribution is -0.131. The molecule has 0 unspecified atom stereocenters. The van der Waals surface area contributed by atoms with Crippen molar-refractivity contribution < 1.29 is 9.90 Å². The van der Waals surface area contributed by atoms with Gasteiger partial charge in [-0.3, -0.25) is 0 Å². The highest BCUT2D eigenvalue weighted by atomic mass is 32.2. The van der Waals surface area contributed by atoms with E-state index in [-0.39, 0.29) is 0 Å². The summed E-state index contributed by atoms with van der Waals surface area (Å²) in [5.41, 5.74) is 2.54. The molecule has 1 aromatic carbocycles. The minimum absolute atomic E-state index is 0.689. The maximum Gasteiger partial charge on any atom is 0.328 e. The number of hydrogen-bond donors (Lipinski definition) is 1. The van der Waals surface area contributed by atoms with Gasteiger partial charge in [-0.05, 0) is 37.1 Å². The van der Waals surface area contributed by atoms with Crippen LogP contribution in [0.5, 0.6) is 0 Å². The van der Waals surface area contributed by atoms with Crippen molar-refractivity contribution in [3.8, 4) is 0 Å². The average molecular weight is 222 g/mol. The molecule has 3 heteroatoms. The SMILES string of the molecule is Cc1ccc(SCC=CC(=O)O)cc1C. The third-order valence-corrected chi connectivity index (χ3v) is 3.03. The van der Waals surface area contributed by atoms with E-state index in [9.17, 15) is 4.79 Å². The van der Waals surface area contributed by atoms with Gasteiger partial charge in [-0.25, -0.2) is 4.79 Å². The summed E-state index contributed by atoms with van der Waals surface area (Å²) in [6.07, 6.45) is 2.83. The van der Waals surface area contributed by atoms with Crippen molar-refractivity contribution >= 4 is 17.7 Å². The van der Waals surface area contributed by atoms with Crippen LogP contribution in [0.2, 0.25) is 0 Å². The molecule has 0 radical (unpaired) electrons. The summed E-state index contributed by atoms with van der Waals surface area (Å²) >= 11 is 1.64. The molecule has 80 valence electrons. The Morgan fingerprint density at radius 1 is 1.40 bits per heavy atom. The molecule has 0 heterocycles. The molecule has 15 heavy (non-hydrogen) atoms. The third kappa shape index (κ3) is 4.21. The first-order chi connectivity index (χ1) is 7.09. The molecule has 0 atom stereocenters. The topological polar surface area (TPSA) is 37.3 Å². The molecule has 0 fully saturated rings. The third-order valence-electron chi connectivity index (χ3n) is 2.09. The Balaban J connectivity index is 2.51. The monoisotopic (exact) mass is 222 g/mol. The minimum Gasteiger partial charge on any atom is -0.478 e. The molecule has 0 amide bonds. The molecule has 0 aliphatic heterocycles. The van der Waals surface area contributed by atoms with Gasteiger partial charge in [0, 0.05) is 16.7 Å². The fourth-order valence-corrected chi connectivity index (χ4v) is 1.91. The van der Waals surface area contributed by atoms with Gasteiger partial charge in [-0.2, -0.15) is 0 Å². The lowest BCUT2D eigenvalue weighted by Crippen LogP contribution is -1.86. The number of carboxylic acids is 1. The first-order valence-electron chi connectivity index (χ1n) is 4.69. The van der Waals surface area contributed by atoms with Crippen LogP contribution in [0.1, 0.15) is 11.1 Å².